The summed E-state index contributed by atoms with van der Waals surface area (Å²) in [5, 5.41) is 0. The third-order valence-corrected chi connectivity index (χ3v) is 4.78. The summed E-state index contributed by atoms with van der Waals surface area (Å²) in [4.78, 5) is 0.214. The highest BCUT2D eigenvalue weighted by atomic mass is 79.9. The second-order valence-corrected chi connectivity index (χ2v) is 7.06. The van der Waals surface area contributed by atoms with Crippen LogP contribution in [-0.4, -0.2) is 28.7 Å². The van der Waals surface area contributed by atoms with Crippen LogP contribution in [0.2, 0.25) is 0 Å². The van der Waals surface area contributed by atoms with Crippen LogP contribution in [0, 0.1) is 0 Å². The van der Waals surface area contributed by atoms with E-state index < -0.39 is 10.0 Å². The molecule has 0 saturated heterocycles. The van der Waals surface area contributed by atoms with Crippen molar-refractivity contribution in [1.82, 2.24) is 4.72 Å². The maximum Gasteiger partial charge on any atom is 0.240 e. The Morgan fingerprint density at radius 3 is 2.41 bits per heavy atom. The molecule has 0 bridgehead atoms. The van der Waals surface area contributed by atoms with Gasteiger partial charge >= 0.3 is 0 Å². The number of nitrogens with one attached hydrogen (secondary N) is 1. The lowest BCUT2D eigenvalue weighted by Crippen LogP contribution is -2.28. The van der Waals surface area contributed by atoms with Gasteiger partial charge in [0.2, 0.25) is 10.0 Å². The first-order valence-corrected chi connectivity index (χ1v) is 8.81. The van der Waals surface area contributed by atoms with Crippen molar-refractivity contribution in [2.24, 2.45) is 0 Å². The van der Waals surface area contributed by atoms with Gasteiger partial charge in [-0.05, 0) is 42.5 Å². The molecule has 0 saturated carbocycles. The predicted octanol–water partition coefficient (Wildman–Crippen LogP) is 2.82. The van der Waals surface area contributed by atoms with Crippen LogP contribution >= 0.6 is 15.9 Å². The van der Waals surface area contributed by atoms with Gasteiger partial charge in [0.1, 0.15) is 18.1 Å². The minimum Gasteiger partial charge on any atom is -0.497 e. The quantitative estimate of drug-likeness (QED) is 0.744. The number of rotatable bonds is 7. The topological polar surface area (TPSA) is 64.6 Å². The predicted molar refractivity (Wildman–Crippen MR) is 87.8 cm³/mol. The highest BCUT2D eigenvalue weighted by Gasteiger charge is 2.13. The van der Waals surface area contributed by atoms with Crippen molar-refractivity contribution in [1.29, 1.82) is 0 Å². The van der Waals surface area contributed by atoms with E-state index in [1.807, 2.05) is 0 Å². The largest absolute Gasteiger partial charge is 0.497 e. The SMILES string of the molecule is COc1ccc(OCCNS(=O)(=O)c2cccc(Br)c2)cc1. The number of hydrogen-bond acceptors (Lipinski definition) is 4. The Balaban J connectivity index is 1.85. The monoisotopic (exact) mass is 385 g/mol. The molecule has 0 atom stereocenters. The fourth-order valence-electron chi connectivity index (χ4n) is 1.73. The highest BCUT2D eigenvalue weighted by molar-refractivity contribution is 9.10. The summed E-state index contributed by atoms with van der Waals surface area (Å²) in [5.74, 6) is 1.39. The maximum absolute atomic E-state index is 12.1. The molecule has 0 aliphatic carbocycles. The van der Waals surface area contributed by atoms with E-state index in [0.29, 0.717) is 10.2 Å². The molecule has 0 spiro atoms. The van der Waals surface area contributed by atoms with Gasteiger partial charge in [0.25, 0.3) is 0 Å². The van der Waals surface area contributed by atoms with Crippen LogP contribution < -0.4 is 14.2 Å². The Morgan fingerprint density at radius 1 is 1.09 bits per heavy atom. The van der Waals surface area contributed by atoms with E-state index in [-0.39, 0.29) is 18.0 Å². The number of sulfonamides is 1. The van der Waals surface area contributed by atoms with Gasteiger partial charge in [-0.2, -0.15) is 0 Å². The molecule has 7 heteroatoms. The Bertz CT molecular complexity index is 717. The molecule has 22 heavy (non-hydrogen) atoms. The van der Waals surface area contributed by atoms with Gasteiger partial charge in [0.15, 0.2) is 0 Å². The van der Waals surface area contributed by atoms with Crippen molar-refractivity contribution < 1.29 is 17.9 Å². The van der Waals surface area contributed by atoms with Crippen LogP contribution in [0.15, 0.2) is 57.9 Å². The zero-order valence-corrected chi connectivity index (χ0v) is 14.4. The van der Waals surface area contributed by atoms with Crippen LogP contribution in [-0.2, 0) is 10.0 Å². The van der Waals surface area contributed by atoms with Crippen LogP contribution in [0.5, 0.6) is 11.5 Å². The first kappa shape index (κ1) is 16.8. The smallest absolute Gasteiger partial charge is 0.240 e. The zero-order valence-electron chi connectivity index (χ0n) is 12.0. The molecule has 0 heterocycles. The fourth-order valence-corrected chi connectivity index (χ4v) is 3.34. The molecule has 0 aliphatic rings. The van der Waals surface area contributed by atoms with Crippen LogP contribution in [0.25, 0.3) is 0 Å². The summed E-state index contributed by atoms with van der Waals surface area (Å²) in [6, 6.07) is 13.6. The minimum atomic E-state index is -3.53. The van der Waals surface area contributed by atoms with Gasteiger partial charge in [0.05, 0.1) is 12.0 Å². The number of methoxy groups -OCH3 is 1. The van der Waals surface area contributed by atoms with Gasteiger partial charge in [-0.3, -0.25) is 0 Å². The van der Waals surface area contributed by atoms with Crippen molar-refractivity contribution in [3.8, 4) is 11.5 Å². The molecule has 0 fully saturated rings. The average Bonchev–Trinajstić information content (AvgIpc) is 2.52. The molecule has 1 N–H and O–H groups in total. The lowest BCUT2D eigenvalue weighted by molar-refractivity contribution is 0.322. The molecule has 0 unspecified atom stereocenters. The molecule has 0 amide bonds. The standard InChI is InChI=1S/C15H16BrNO4S/c1-20-13-5-7-14(8-6-13)21-10-9-17-22(18,19)15-4-2-3-12(16)11-15/h2-8,11,17H,9-10H2,1H3. The van der Waals surface area contributed by atoms with Gasteiger partial charge in [0, 0.05) is 11.0 Å². The van der Waals surface area contributed by atoms with E-state index in [1.54, 1.807) is 49.6 Å². The zero-order chi connectivity index (χ0) is 16.0. The van der Waals surface area contributed by atoms with Crippen molar-refractivity contribution in [2.45, 2.75) is 4.90 Å². The second kappa shape index (κ2) is 7.62. The van der Waals surface area contributed by atoms with Crippen molar-refractivity contribution in [3.05, 3.63) is 53.0 Å². The number of halogens is 1. The molecule has 2 rings (SSSR count). The molecular weight excluding hydrogens is 370 g/mol. The highest BCUT2D eigenvalue weighted by Crippen LogP contribution is 2.17. The first-order chi connectivity index (χ1) is 10.5. The van der Waals surface area contributed by atoms with Gasteiger partial charge in [-0.25, -0.2) is 13.1 Å². The fraction of sp³-hybridized carbons (Fsp3) is 0.200. The minimum absolute atomic E-state index is 0.181. The third kappa shape index (κ3) is 4.72. The number of hydrogen-bond donors (Lipinski definition) is 1. The summed E-state index contributed by atoms with van der Waals surface area (Å²) in [6.45, 7) is 0.417. The molecule has 118 valence electrons. The van der Waals surface area contributed by atoms with Crippen LogP contribution in [0.1, 0.15) is 0 Å². The van der Waals surface area contributed by atoms with E-state index in [1.165, 1.54) is 6.07 Å². The van der Waals surface area contributed by atoms with Crippen LogP contribution in [0.4, 0.5) is 0 Å². The first-order valence-electron chi connectivity index (χ1n) is 6.53. The molecule has 0 aromatic heterocycles. The third-order valence-electron chi connectivity index (χ3n) is 2.83. The van der Waals surface area contributed by atoms with E-state index in [9.17, 15) is 8.42 Å². The lowest BCUT2D eigenvalue weighted by atomic mass is 10.3. The van der Waals surface area contributed by atoms with E-state index in [2.05, 4.69) is 20.7 Å². The van der Waals surface area contributed by atoms with Crippen LogP contribution in [0.3, 0.4) is 0 Å². The normalized spacial score (nSPS) is 11.2. The van der Waals surface area contributed by atoms with Crippen molar-refractivity contribution >= 4 is 26.0 Å². The summed E-state index contributed by atoms with van der Waals surface area (Å²) in [5.41, 5.74) is 0. The summed E-state index contributed by atoms with van der Waals surface area (Å²) >= 11 is 3.25. The molecular formula is C15H16BrNO4S. The lowest BCUT2D eigenvalue weighted by Gasteiger charge is -2.09. The van der Waals surface area contributed by atoms with E-state index >= 15 is 0 Å². The molecule has 2 aromatic carbocycles. The van der Waals surface area contributed by atoms with Crippen molar-refractivity contribution in [3.63, 3.8) is 0 Å². The summed E-state index contributed by atoms with van der Waals surface area (Å²) in [7, 11) is -1.94. The Hall–Kier alpha value is -1.57. The molecule has 0 aliphatic heterocycles. The van der Waals surface area contributed by atoms with E-state index in [4.69, 9.17) is 9.47 Å². The molecule has 5 nitrogen and oxygen atoms in total. The Kier molecular flexibility index (Phi) is 5.82. The summed E-state index contributed by atoms with van der Waals surface area (Å²) < 4.78 is 37.9. The Morgan fingerprint density at radius 2 is 1.77 bits per heavy atom. The molecule has 0 radical (unpaired) electrons. The van der Waals surface area contributed by atoms with Gasteiger partial charge < -0.3 is 9.47 Å². The number of ether oxygens (including phenoxy) is 2. The average molecular weight is 386 g/mol. The van der Waals surface area contributed by atoms with Gasteiger partial charge in [-0.1, -0.05) is 22.0 Å². The maximum atomic E-state index is 12.1. The van der Waals surface area contributed by atoms with Gasteiger partial charge in [-0.15, -0.1) is 0 Å². The Labute approximate surface area is 138 Å². The number of benzene rings is 2. The molecule has 2 aromatic rings. The second-order valence-electron chi connectivity index (χ2n) is 4.38. The summed E-state index contributed by atoms with van der Waals surface area (Å²) in [6.07, 6.45) is 0. The van der Waals surface area contributed by atoms with Crippen molar-refractivity contribution in [2.75, 3.05) is 20.3 Å². The van der Waals surface area contributed by atoms with E-state index in [0.717, 1.165) is 5.75 Å².